The van der Waals surface area contributed by atoms with Crippen LogP contribution >= 0.6 is 43.2 Å². The highest BCUT2D eigenvalue weighted by atomic mass is 79.9. The molecular weight excluding hydrogens is 418 g/mol. The Balaban J connectivity index is 2.33. The Morgan fingerprint density at radius 2 is 2.00 bits per heavy atom. The lowest BCUT2D eigenvalue weighted by Crippen LogP contribution is -2.12. The first-order chi connectivity index (χ1) is 8.92. The number of anilines is 1. The number of thiophene rings is 1. The number of hydrogen-bond acceptors (Lipinski definition) is 4. The van der Waals surface area contributed by atoms with Crippen LogP contribution in [0.3, 0.4) is 0 Å². The maximum atomic E-state index is 12.2. The normalized spacial score (nSPS) is 11.5. The Morgan fingerprint density at radius 3 is 2.58 bits per heavy atom. The third kappa shape index (κ3) is 3.57. The molecule has 1 aromatic carbocycles. The van der Waals surface area contributed by atoms with Gasteiger partial charge in [0.25, 0.3) is 10.0 Å². The average molecular weight is 427 g/mol. The highest BCUT2D eigenvalue weighted by Gasteiger charge is 2.20. The lowest BCUT2D eigenvalue weighted by atomic mass is 10.2. The van der Waals surface area contributed by atoms with E-state index in [4.69, 9.17) is 5.11 Å². The Hall–Kier alpha value is -0.410. The fraction of sp³-hybridized carbons (Fsp3) is 0.0909. The van der Waals surface area contributed by atoms with E-state index in [9.17, 15) is 8.42 Å². The van der Waals surface area contributed by atoms with E-state index in [1.807, 2.05) is 0 Å². The zero-order chi connectivity index (χ0) is 14.0. The van der Waals surface area contributed by atoms with E-state index in [1.165, 1.54) is 17.4 Å². The van der Waals surface area contributed by atoms with Crippen LogP contribution in [0.1, 0.15) is 5.56 Å². The molecule has 0 saturated carbocycles. The molecule has 1 aromatic heterocycles. The van der Waals surface area contributed by atoms with Crippen molar-refractivity contribution in [1.82, 2.24) is 0 Å². The van der Waals surface area contributed by atoms with Gasteiger partial charge in [0.05, 0.1) is 14.2 Å². The zero-order valence-corrected chi connectivity index (χ0v) is 14.2. The standard InChI is InChI=1S/C11H9Br2NO3S2/c12-10-5-9(11(13)18-10)19(16,17)14-8-3-1-2-7(4-8)6-15/h1-5,14-15H,6H2. The number of aliphatic hydroxyl groups excluding tert-OH is 1. The fourth-order valence-corrected chi connectivity index (χ4v) is 6.31. The summed E-state index contributed by atoms with van der Waals surface area (Å²) in [6.45, 7) is -0.136. The molecule has 0 saturated heterocycles. The zero-order valence-electron chi connectivity index (χ0n) is 9.43. The predicted molar refractivity (Wildman–Crippen MR) is 82.9 cm³/mol. The first-order valence-electron chi connectivity index (χ1n) is 5.10. The minimum absolute atomic E-state index is 0.136. The molecular formula is C11H9Br2NO3S2. The summed E-state index contributed by atoms with van der Waals surface area (Å²) in [5, 5.41) is 9.04. The molecule has 0 aliphatic rings. The van der Waals surface area contributed by atoms with Crippen molar-refractivity contribution in [1.29, 1.82) is 0 Å². The molecule has 19 heavy (non-hydrogen) atoms. The quantitative estimate of drug-likeness (QED) is 0.785. The molecule has 1 heterocycles. The second-order valence-electron chi connectivity index (χ2n) is 3.65. The van der Waals surface area contributed by atoms with Crippen LogP contribution in [0.2, 0.25) is 0 Å². The summed E-state index contributed by atoms with van der Waals surface area (Å²) in [5.41, 5.74) is 1.06. The monoisotopic (exact) mass is 425 g/mol. The molecule has 2 N–H and O–H groups in total. The van der Waals surface area contributed by atoms with Crippen LogP contribution in [0.25, 0.3) is 0 Å². The fourth-order valence-electron chi connectivity index (χ4n) is 1.45. The van der Waals surface area contributed by atoms with Crippen molar-refractivity contribution in [2.24, 2.45) is 0 Å². The SMILES string of the molecule is O=S(=O)(Nc1cccc(CO)c1)c1cc(Br)sc1Br. The summed E-state index contributed by atoms with van der Waals surface area (Å²) in [5.74, 6) is 0. The van der Waals surface area contributed by atoms with E-state index in [0.29, 0.717) is 15.0 Å². The number of halogens is 2. The van der Waals surface area contributed by atoms with Gasteiger partial charge in [0.15, 0.2) is 0 Å². The molecule has 0 spiro atoms. The number of aliphatic hydroxyl groups is 1. The maximum absolute atomic E-state index is 12.2. The molecule has 0 atom stereocenters. The van der Waals surface area contributed by atoms with Crippen molar-refractivity contribution in [2.75, 3.05) is 4.72 Å². The summed E-state index contributed by atoms with van der Waals surface area (Å²) in [4.78, 5) is 0.179. The van der Waals surface area contributed by atoms with E-state index in [0.717, 1.165) is 3.79 Å². The van der Waals surface area contributed by atoms with Gasteiger partial charge in [-0.3, -0.25) is 4.72 Å². The van der Waals surface area contributed by atoms with E-state index in [2.05, 4.69) is 36.6 Å². The van der Waals surface area contributed by atoms with Crippen molar-refractivity contribution in [3.63, 3.8) is 0 Å². The molecule has 0 aliphatic carbocycles. The second kappa shape index (κ2) is 5.92. The van der Waals surface area contributed by atoms with Crippen LogP contribution in [-0.2, 0) is 16.6 Å². The van der Waals surface area contributed by atoms with Crippen molar-refractivity contribution in [2.45, 2.75) is 11.5 Å². The van der Waals surface area contributed by atoms with Crippen molar-refractivity contribution in [3.05, 3.63) is 43.5 Å². The molecule has 4 nitrogen and oxygen atoms in total. The molecule has 8 heteroatoms. The smallest absolute Gasteiger partial charge is 0.263 e. The van der Waals surface area contributed by atoms with Crippen LogP contribution in [0.4, 0.5) is 5.69 Å². The van der Waals surface area contributed by atoms with E-state index >= 15 is 0 Å². The topological polar surface area (TPSA) is 66.4 Å². The number of benzene rings is 1. The third-order valence-electron chi connectivity index (χ3n) is 2.28. The Bertz CT molecular complexity index is 698. The summed E-state index contributed by atoms with van der Waals surface area (Å²) < 4.78 is 28.2. The summed E-state index contributed by atoms with van der Waals surface area (Å²) >= 11 is 7.76. The Morgan fingerprint density at radius 1 is 1.26 bits per heavy atom. The van der Waals surface area contributed by atoms with Crippen LogP contribution < -0.4 is 4.72 Å². The highest BCUT2D eigenvalue weighted by molar-refractivity contribution is 9.12. The van der Waals surface area contributed by atoms with Crippen molar-refractivity contribution >= 4 is 58.9 Å². The highest BCUT2D eigenvalue weighted by Crippen LogP contribution is 2.35. The number of rotatable bonds is 4. The van der Waals surface area contributed by atoms with Gasteiger partial charge in [-0.2, -0.15) is 0 Å². The number of nitrogens with one attached hydrogen (secondary N) is 1. The van der Waals surface area contributed by atoms with Crippen LogP contribution in [0, 0.1) is 0 Å². The molecule has 0 aliphatic heterocycles. The van der Waals surface area contributed by atoms with Crippen molar-refractivity contribution in [3.8, 4) is 0 Å². The minimum Gasteiger partial charge on any atom is -0.392 e. The number of hydrogen-bond donors (Lipinski definition) is 2. The van der Waals surface area contributed by atoms with Gasteiger partial charge >= 0.3 is 0 Å². The lowest BCUT2D eigenvalue weighted by molar-refractivity contribution is 0.282. The Labute approximate surface area is 131 Å². The van der Waals surface area contributed by atoms with E-state index in [1.54, 1.807) is 24.3 Å². The van der Waals surface area contributed by atoms with E-state index in [-0.39, 0.29) is 11.5 Å². The van der Waals surface area contributed by atoms with Crippen LogP contribution in [0.5, 0.6) is 0 Å². The first kappa shape index (κ1) is 15.0. The molecule has 2 aromatic rings. The number of sulfonamides is 1. The second-order valence-corrected chi connectivity index (χ2v) is 9.05. The summed E-state index contributed by atoms with van der Waals surface area (Å²) in [6, 6.07) is 8.16. The molecule has 0 radical (unpaired) electrons. The van der Waals surface area contributed by atoms with Gasteiger partial charge in [-0.05, 0) is 55.6 Å². The first-order valence-corrected chi connectivity index (χ1v) is 8.98. The summed E-state index contributed by atoms with van der Waals surface area (Å²) in [6.07, 6.45) is 0. The molecule has 0 amide bonds. The molecule has 0 bridgehead atoms. The van der Waals surface area contributed by atoms with Gasteiger partial charge < -0.3 is 5.11 Å². The molecule has 2 rings (SSSR count). The van der Waals surface area contributed by atoms with Gasteiger partial charge in [-0.15, -0.1) is 11.3 Å². The van der Waals surface area contributed by atoms with Crippen LogP contribution in [0.15, 0.2) is 42.8 Å². The third-order valence-corrected chi connectivity index (χ3v) is 6.41. The van der Waals surface area contributed by atoms with Crippen LogP contribution in [-0.4, -0.2) is 13.5 Å². The lowest BCUT2D eigenvalue weighted by Gasteiger charge is -2.08. The molecule has 0 unspecified atom stereocenters. The Kier molecular flexibility index (Phi) is 4.67. The predicted octanol–water partition coefficient (Wildman–Crippen LogP) is 3.57. The van der Waals surface area contributed by atoms with Gasteiger partial charge in [0.1, 0.15) is 4.90 Å². The molecule has 0 fully saturated rings. The van der Waals surface area contributed by atoms with E-state index < -0.39 is 10.0 Å². The van der Waals surface area contributed by atoms with Gasteiger partial charge in [-0.1, -0.05) is 12.1 Å². The molecule has 102 valence electrons. The maximum Gasteiger partial charge on any atom is 0.263 e. The van der Waals surface area contributed by atoms with Gasteiger partial charge in [-0.25, -0.2) is 8.42 Å². The summed E-state index contributed by atoms with van der Waals surface area (Å²) in [7, 11) is -3.65. The largest absolute Gasteiger partial charge is 0.392 e. The van der Waals surface area contributed by atoms with Gasteiger partial charge in [0, 0.05) is 5.69 Å². The van der Waals surface area contributed by atoms with Gasteiger partial charge in [0.2, 0.25) is 0 Å². The average Bonchev–Trinajstić information content (AvgIpc) is 2.69. The van der Waals surface area contributed by atoms with Crippen molar-refractivity contribution < 1.29 is 13.5 Å². The minimum atomic E-state index is -3.65.